The predicted octanol–water partition coefficient (Wildman–Crippen LogP) is 2.55. The van der Waals surface area contributed by atoms with Gasteiger partial charge >= 0.3 is 0 Å². The Balaban J connectivity index is 2.29. The van der Waals surface area contributed by atoms with E-state index in [4.69, 9.17) is 10.2 Å². The number of pyridine rings is 1. The van der Waals surface area contributed by atoms with Gasteiger partial charge in [0.05, 0.1) is 12.2 Å². The van der Waals surface area contributed by atoms with Gasteiger partial charge in [-0.3, -0.25) is 14.4 Å². The fraction of sp³-hybridized carbons (Fsp3) is 0.500. The van der Waals surface area contributed by atoms with E-state index in [0.717, 1.165) is 49.3 Å². The Morgan fingerprint density at radius 3 is 2.86 bits per heavy atom. The number of hydrogen-bond donors (Lipinski definition) is 3. The standard InChI is InChI=1S/C16H24N4O2/c1-3-5-6-7-13-16(17-11-15(21)19-22)20-9-8-12(4-2)10-14(20)18-13/h8-10,17,22H,3-7,11H2,1-2H3,(H,19,21). The molecule has 0 atom stereocenters. The summed E-state index contributed by atoms with van der Waals surface area (Å²) in [6.07, 6.45) is 7.20. The summed E-state index contributed by atoms with van der Waals surface area (Å²) in [7, 11) is 0. The Labute approximate surface area is 130 Å². The first-order chi connectivity index (χ1) is 10.7. The zero-order valence-electron chi connectivity index (χ0n) is 13.2. The number of rotatable bonds is 8. The van der Waals surface area contributed by atoms with Gasteiger partial charge in [-0.15, -0.1) is 0 Å². The van der Waals surface area contributed by atoms with Gasteiger partial charge in [0, 0.05) is 6.20 Å². The van der Waals surface area contributed by atoms with E-state index in [2.05, 4.69) is 31.3 Å². The first kappa shape index (κ1) is 16.3. The van der Waals surface area contributed by atoms with E-state index in [1.807, 2.05) is 10.6 Å². The zero-order valence-corrected chi connectivity index (χ0v) is 13.2. The Hall–Kier alpha value is -2.08. The highest BCUT2D eigenvalue weighted by molar-refractivity contribution is 5.79. The second-order valence-electron chi connectivity index (χ2n) is 5.37. The lowest BCUT2D eigenvalue weighted by Gasteiger charge is -2.08. The van der Waals surface area contributed by atoms with E-state index < -0.39 is 5.91 Å². The molecular weight excluding hydrogens is 280 g/mol. The van der Waals surface area contributed by atoms with Crippen molar-refractivity contribution in [2.24, 2.45) is 0 Å². The third kappa shape index (κ3) is 3.76. The van der Waals surface area contributed by atoms with E-state index in [1.54, 1.807) is 5.48 Å². The van der Waals surface area contributed by atoms with Crippen molar-refractivity contribution in [2.75, 3.05) is 11.9 Å². The van der Waals surface area contributed by atoms with Gasteiger partial charge in [0.25, 0.3) is 5.91 Å². The lowest BCUT2D eigenvalue weighted by molar-refractivity contribution is -0.127. The molecule has 3 N–H and O–H groups in total. The second kappa shape index (κ2) is 7.79. The maximum Gasteiger partial charge on any atom is 0.262 e. The molecule has 0 aliphatic heterocycles. The SMILES string of the molecule is CCCCCc1nc2cc(CC)ccn2c1NCC(=O)NO. The zero-order chi connectivity index (χ0) is 15.9. The molecule has 2 rings (SSSR count). The number of amides is 1. The number of aromatic nitrogens is 2. The van der Waals surface area contributed by atoms with Gasteiger partial charge in [-0.1, -0.05) is 26.7 Å². The Morgan fingerprint density at radius 1 is 1.36 bits per heavy atom. The van der Waals surface area contributed by atoms with Crippen molar-refractivity contribution in [2.45, 2.75) is 46.0 Å². The molecule has 0 aromatic carbocycles. The van der Waals surface area contributed by atoms with Crippen molar-refractivity contribution < 1.29 is 10.0 Å². The van der Waals surface area contributed by atoms with Gasteiger partial charge < -0.3 is 5.32 Å². The Morgan fingerprint density at radius 2 is 2.18 bits per heavy atom. The van der Waals surface area contributed by atoms with Crippen molar-refractivity contribution in [3.63, 3.8) is 0 Å². The van der Waals surface area contributed by atoms with Crippen LogP contribution in [0.4, 0.5) is 5.82 Å². The minimum absolute atomic E-state index is 0.0145. The van der Waals surface area contributed by atoms with Crippen molar-refractivity contribution in [1.29, 1.82) is 0 Å². The summed E-state index contributed by atoms with van der Waals surface area (Å²) in [5, 5.41) is 11.7. The number of imidazole rings is 1. The number of hydrogen-bond acceptors (Lipinski definition) is 4. The molecule has 6 heteroatoms. The summed E-state index contributed by atoms with van der Waals surface area (Å²) in [5.74, 6) is 0.358. The van der Waals surface area contributed by atoms with Crippen LogP contribution in [0.25, 0.3) is 5.65 Å². The van der Waals surface area contributed by atoms with Crippen molar-refractivity contribution in [3.8, 4) is 0 Å². The summed E-state index contributed by atoms with van der Waals surface area (Å²) in [5.41, 5.74) is 4.72. The van der Waals surface area contributed by atoms with Gasteiger partial charge in [-0.2, -0.15) is 0 Å². The van der Waals surface area contributed by atoms with Crippen LogP contribution >= 0.6 is 0 Å². The van der Waals surface area contributed by atoms with Crippen LogP contribution in [-0.4, -0.2) is 27.0 Å². The van der Waals surface area contributed by atoms with E-state index in [9.17, 15) is 4.79 Å². The van der Waals surface area contributed by atoms with Crippen LogP contribution in [0, 0.1) is 0 Å². The summed E-state index contributed by atoms with van der Waals surface area (Å²) in [4.78, 5) is 16.0. The van der Waals surface area contributed by atoms with Crippen LogP contribution in [-0.2, 0) is 17.6 Å². The third-order valence-corrected chi connectivity index (χ3v) is 3.73. The lowest BCUT2D eigenvalue weighted by atomic mass is 10.1. The van der Waals surface area contributed by atoms with Crippen molar-refractivity contribution in [1.82, 2.24) is 14.9 Å². The van der Waals surface area contributed by atoms with Crippen molar-refractivity contribution >= 4 is 17.4 Å². The summed E-state index contributed by atoms with van der Waals surface area (Å²) in [6, 6.07) is 4.13. The first-order valence-electron chi connectivity index (χ1n) is 7.86. The fourth-order valence-corrected chi connectivity index (χ4v) is 2.46. The predicted molar refractivity (Wildman–Crippen MR) is 86.2 cm³/mol. The Kier molecular flexibility index (Phi) is 5.77. The molecule has 120 valence electrons. The average Bonchev–Trinajstić information content (AvgIpc) is 2.89. The van der Waals surface area contributed by atoms with Crippen LogP contribution in [0.15, 0.2) is 18.3 Å². The quantitative estimate of drug-likeness (QED) is 0.398. The second-order valence-corrected chi connectivity index (χ2v) is 5.37. The third-order valence-electron chi connectivity index (χ3n) is 3.73. The molecule has 1 amide bonds. The number of carbonyl (C=O) groups excluding carboxylic acids is 1. The molecule has 0 unspecified atom stereocenters. The molecule has 0 spiro atoms. The highest BCUT2D eigenvalue weighted by atomic mass is 16.5. The highest BCUT2D eigenvalue weighted by Gasteiger charge is 2.13. The van der Waals surface area contributed by atoms with E-state index >= 15 is 0 Å². The number of aryl methyl sites for hydroxylation is 2. The molecular formula is C16H24N4O2. The molecule has 6 nitrogen and oxygen atoms in total. The van der Waals surface area contributed by atoms with E-state index in [-0.39, 0.29) is 6.54 Å². The van der Waals surface area contributed by atoms with E-state index in [0.29, 0.717) is 0 Å². The summed E-state index contributed by atoms with van der Waals surface area (Å²) >= 11 is 0. The average molecular weight is 304 g/mol. The minimum Gasteiger partial charge on any atom is -0.360 e. The largest absolute Gasteiger partial charge is 0.360 e. The monoisotopic (exact) mass is 304 g/mol. The molecule has 2 heterocycles. The van der Waals surface area contributed by atoms with E-state index in [1.165, 1.54) is 5.56 Å². The van der Waals surface area contributed by atoms with Crippen LogP contribution in [0.1, 0.15) is 44.4 Å². The molecule has 22 heavy (non-hydrogen) atoms. The number of anilines is 1. The maximum absolute atomic E-state index is 11.3. The minimum atomic E-state index is -0.473. The first-order valence-corrected chi connectivity index (χ1v) is 7.86. The van der Waals surface area contributed by atoms with Gasteiger partial charge in [0.2, 0.25) is 0 Å². The molecule has 0 saturated carbocycles. The van der Waals surface area contributed by atoms with Gasteiger partial charge in [0.15, 0.2) is 0 Å². The number of nitrogens with one attached hydrogen (secondary N) is 2. The van der Waals surface area contributed by atoms with Crippen LogP contribution < -0.4 is 10.8 Å². The summed E-state index contributed by atoms with van der Waals surface area (Å²) < 4.78 is 1.96. The van der Waals surface area contributed by atoms with Crippen molar-refractivity contribution in [3.05, 3.63) is 29.6 Å². The number of nitrogens with zero attached hydrogens (tertiary/aromatic N) is 2. The lowest BCUT2D eigenvalue weighted by Crippen LogP contribution is -2.27. The van der Waals surface area contributed by atoms with Crippen LogP contribution in [0.3, 0.4) is 0 Å². The Bertz CT molecular complexity index is 636. The molecule has 0 radical (unpaired) electrons. The molecule has 0 aliphatic rings. The topological polar surface area (TPSA) is 78.7 Å². The molecule has 0 aliphatic carbocycles. The molecule has 0 fully saturated rings. The molecule has 0 bridgehead atoms. The van der Waals surface area contributed by atoms with Crippen LogP contribution in [0.5, 0.6) is 0 Å². The number of carbonyl (C=O) groups is 1. The molecule has 2 aromatic heterocycles. The van der Waals surface area contributed by atoms with Gasteiger partial charge in [-0.25, -0.2) is 10.5 Å². The molecule has 0 saturated heterocycles. The van der Waals surface area contributed by atoms with Gasteiger partial charge in [0.1, 0.15) is 11.5 Å². The van der Waals surface area contributed by atoms with Crippen LogP contribution in [0.2, 0.25) is 0 Å². The van der Waals surface area contributed by atoms with Gasteiger partial charge in [-0.05, 0) is 37.0 Å². The maximum atomic E-state index is 11.3. The number of unbranched alkanes of at least 4 members (excludes halogenated alkanes) is 2. The fourth-order valence-electron chi connectivity index (χ4n) is 2.46. The highest BCUT2D eigenvalue weighted by Crippen LogP contribution is 2.21. The summed E-state index contributed by atoms with van der Waals surface area (Å²) in [6.45, 7) is 4.30. The number of fused-ring (bicyclic) bond motifs is 1. The molecule has 2 aromatic rings. The number of hydroxylamine groups is 1. The normalized spacial score (nSPS) is 10.9. The smallest absolute Gasteiger partial charge is 0.262 e.